The van der Waals surface area contributed by atoms with E-state index in [4.69, 9.17) is 14.2 Å². The summed E-state index contributed by atoms with van der Waals surface area (Å²) in [5.41, 5.74) is 3.04. The number of likely N-dealkylation sites (N-methyl/N-ethyl adjacent to an activating group) is 1. The molecule has 1 aliphatic heterocycles. The molecule has 0 N–H and O–H groups in total. The Hall–Kier alpha value is -4.31. The molecular formula is C31H34N2O7S. The van der Waals surface area contributed by atoms with Crippen LogP contribution in [0.3, 0.4) is 0 Å². The standard InChI is InChI=1S/C31H34N2O7S/c1-6-38-24-15-17-26(18-16-24)41(36,37)33(5)22-11-13-25(14-12-22)39-21-30(35)40-20-23(34)19-29-31(2,3)27-9-7-8-10-28(27)32(29)4/h7-19H,6,20-21H2,1-5H3. The van der Waals surface area contributed by atoms with Gasteiger partial charge < -0.3 is 19.1 Å². The maximum absolute atomic E-state index is 13.0. The lowest BCUT2D eigenvalue weighted by atomic mass is 9.83. The van der Waals surface area contributed by atoms with Crippen LogP contribution < -0.4 is 18.7 Å². The van der Waals surface area contributed by atoms with Crippen LogP contribution in [-0.4, -0.2) is 54.1 Å². The van der Waals surface area contributed by atoms with Crippen molar-refractivity contribution >= 4 is 33.2 Å². The summed E-state index contributed by atoms with van der Waals surface area (Å²) < 4.78 is 43.1. The predicted octanol–water partition coefficient (Wildman–Crippen LogP) is 4.71. The summed E-state index contributed by atoms with van der Waals surface area (Å²) >= 11 is 0. The Morgan fingerprint density at radius 3 is 2.15 bits per heavy atom. The van der Waals surface area contributed by atoms with E-state index in [0.717, 1.165) is 21.3 Å². The number of esters is 1. The van der Waals surface area contributed by atoms with Crippen LogP contribution in [0.25, 0.3) is 0 Å². The van der Waals surface area contributed by atoms with Crippen LogP contribution in [0.2, 0.25) is 0 Å². The smallest absolute Gasteiger partial charge is 0.344 e. The fourth-order valence-corrected chi connectivity index (χ4v) is 5.91. The predicted molar refractivity (Wildman–Crippen MR) is 157 cm³/mol. The average Bonchev–Trinajstić information content (AvgIpc) is 3.16. The van der Waals surface area contributed by atoms with Gasteiger partial charge in [-0.2, -0.15) is 0 Å². The molecule has 0 amide bonds. The van der Waals surface area contributed by atoms with Crippen molar-refractivity contribution in [3.05, 3.63) is 90.1 Å². The summed E-state index contributed by atoms with van der Waals surface area (Å²) in [6.07, 6.45) is 1.52. The molecule has 0 radical (unpaired) electrons. The maximum atomic E-state index is 13.0. The summed E-state index contributed by atoms with van der Waals surface area (Å²) in [6.45, 7) is 5.63. The Morgan fingerprint density at radius 2 is 1.51 bits per heavy atom. The van der Waals surface area contributed by atoms with Gasteiger partial charge in [-0.05, 0) is 67.1 Å². The van der Waals surface area contributed by atoms with Crippen molar-refractivity contribution in [1.29, 1.82) is 0 Å². The van der Waals surface area contributed by atoms with Crippen molar-refractivity contribution < 1.29 is 32.2 Å². The highest BCUT2D eigenvalue weighted by molar-refractivity contribution is 7.92. The highest BCUT2D eigenvalue weighted by Gasteiger charge is 2.38. The van der Waals surface area contributed by atoms with E-state index < -0.39 is 29.2 Å². The van der Waals surface area contributed by atoms with Crippen LogP contribution in [0.1, 0.15) is 26.3 Å². The quantitative estimate of drug-likeness (QED) is 0.238. The normalized spacial score (nSPS) is 14.9. The van der Waals surface area contributed by atoms with Crippen LogP contribution in [0.5, 0.6) is 11.5 Å². The summed E-state index contributed by atoms with van der Waals surface area (Å²) in [5, 5.41) is 0. The van der Waals surface area contributed by atoms with E-state index in [-0.39, 0.29) is 16.1 Å². The zero-order valence-corrected chi connectivity index (χ0v) is 24.6. The fraction of sp³-hybridized carbons (Fsp3) is 0.290. The van der Waals surface area contributed by atoms with Crippen LogP contribution in [-0.2, 0) is 29.8 Å². The molecule has 0 unspecified atom stereocenters. The maximum Gasteiger partial charge on any atom is 0.344 e. The minimum atomic E-state index is -3.79. The molecule has 41 heavy (non-hydrogen) atoms. The topological polar surface area (TPSA) is 102 Å². The summed E-state index contributed by atoms with van der Waals surface area (Å²) in [4.78, 5) is 26.9. The molecule has 0 aromatic heterocycles. The van der Waals surface area contributed by atoms with Gasteiger partial charge in [0.05, 0.1) is 17.2 Å². The Morgan fingerprint density at radius 1 is 0.902 bits per heavy atom. The van der Waals surface area contributed by atoms with Crippen molar-refractivity contribution in [2.45, 2.75) is 31.1 Å². The first-order valence-corrected chi connectivity index (χ1v) is 14.6. The summed E-state index contributed by atoms with van der Waals surface area (Å²) in [7, 11) is -0.429. The van der Waals surface area contributed by atoms with E-state index in [1.807, 2.05) is 57.0 Å². The molecule has 4 rings (SSSR count). The number of para-hydroxylation sites is 1. The fourth-order valence-electron chi connectivity index (χ4n) is 4.71. The van der Waals surface area contributed by atoms with Gasteiger partial charge in [0.15, 0.2) is 19.0 Å². The number of anilines is 2. The molecule has 0 saturated carbocycles. The SMILES string of the molecule is CCOc1ccc(S(=O)(=O)N(C)c2ccc(OCC(=O)OCC(=O)C=C3N(C)c4ccccc4C3(C)C)cc2)cc1. The molecule has 0 fully saturated rings. The second-order valence-electron chi connectivity index (χ2n) is 10.0. The Kier molecular flexibility index (Phi) is 8.72. The molecule has 9 nitrogen and oxygen atoms in total. The van der Waals surface area contributed by atoms with Gasteiger partial charge in [-0.15, -0.1) is 0 Å². The van der Waals surface area contributed by atoms with Crippen molar-refractivity contribution in [2.24, 2.45) is 0 Å². The third-order valence-electron chi connectivity index (χ3n) is 6.96. The van der Waals surface area contributed by atoms with Gasteiger partial charge >= 0.3 is 5.97 Å². The van der Waals surface area contributed by atoms with Gasteiger partial charge in [-0.1, -0.05) is 32.0 Å². The van der Waals surface area contributed by atoms with Crippen molar-refractivity contribution in [2.75, 3.05) is 43.1 Å². The third kappa shape index (κ3) is 6.38. The molecule has 1 aliphatic rings. The number of hydrogen-bond acceptors (Lipinski definition) is 8. The molecule has 0 spiro atoms. The van der Waals surface area contributed by atoms with E-state index in [9.17, 15) is 18.0 Å². The molecular weight excluding hydrogens is 544 g/mol. The first-order valence-electron chi connectivity index (χ1n) is 13.1. The number of ketones is 1. The molecule has 0 bridgehead atoms. The highest BCUT2D eigenvalue weighted by Crippen LogP contribution is 2.46. The second-order valence-corrected chi connectivity index (χ2v) is 12.0. The van der Waals surface area contributed by atoms with Crippen molar-refractivity contribution in [3.8, 4) is 11.5 Å². The van der Waals surface area contributed by atoms with Gasteiger partial charge in [-0.3, -0.25) is 9.10 Å². The molecule has 0 aliphatic carbocycles. The van der Waals surface area contributed by atoms with Crippen molar-refractivity contribution in [1.82, 2.24) is 0 Å². The van der Waals surface area contributed by atoms with Gasteiger partial charge in [0.25, 0.3) is 10.0 Å². The first-order chi connectivity index (χ1) is 19.4. The van der Waals surface area contributed by atoms with Crippen LogP contribution >= 0.6 is 0 Å². The molecule has 3 aromatic carbocycles. The minimum Gasteiger partial charge on any atom is -0.494 e. The molecule has 0 atom stereocenters. The van der Waals surface area contributed by atoms with Gasteiger partial charge in [0, 0.05) is 37.0 Å². The highest BCUT2D eigenvalue weighted by atomic mass is 32.2. The Labute approximate surface area is 241 Å². The number of hydrogen-bond donors (Lipinski definition) is 0. The number of allylic oxidation sites excluding steroid dienone is 1. The van der Waals surface area contributed by atoms with Gasteiger partial charge in [0.1, 0.15) is 11.5 Å². The van der Waals surface area contributed by atoms with E-state index in [1.165, 1.54) is 25.3 Å². The first kappa shape index (κ1) is 29.7. The van der Waals surface area contributed by atoms with Crippen LogP contribution in [0, 0.1) is 0 Å². The monoisotopic (exact) mass is 578 g/mol. The second kappa shape index (κ2) is 12.1. The summed E-state index contributed by atoms with van der Waals surface area (Å²) in [5.74, 6) is -0.0921. The Bertz CT molecular complexity index is 1550. The van der Waals surface area contributed by atoms with Gasteiger partial charge in [0.2, 0.25) is 0 Å². The number of nitrogens with zero attached hydrogens (tertiary/aromatic N) is 2. The van der Waals surface area contributed by atoms with Gasteiger partial charge in [-0.25, -0.2) is 13.2 Å². The van der Waals surface area contributed by atoms with Crippen molar-refractivity contribution in [3.63, 3.8) is 0 Å². The average molecular weight is 579 g/mol. The van der Waals surface area contributed by atoms with E-state index in [2.05, 4.69) is 0 Å². The molecule has 216 valence electrons. The number of rotatable bonds is 11. The van der Waals surface area contributed by atoms with E-state index in [1.54, 1.807) is 36.4 Å². The third-order valence-corrected chi connectivity index (χ3v) is 8.76. The summed E-state index contributed by atoms with van der Waals surface area (Å²) in [6, 6.07) is 20.4. The minimum absolute atomic E-state index is 0.129. The van der Waals surface area contributed by atoms with E-state index >= 15 is 0 Å². The van der Waals surface area contributed by atoms with E-state index in [0.29, 0.717) is 23.8 Å². The number of carbonyl (C=O) groups excluding carboxylic acids is 2. The molecule has 0 saturated heterocycles. The lowest BCUT2D eigenvalue weighted by Crippen LogP contribution is -2.26. The number of sulfonamides is 1. The van der Waals surface area contributed by atoms with Crippen LogP contribution in [0.4, 0.5) is 11.4 Å². The molecule has 1 heterocycles. The zero-order chi connectivity index (χ0) is 29.8. The Balaban J connectivity index is 1.29. The largest absolute Gasteiger partial charge is 0.494 e. The molecule has 3 aromatic rings. The molecule has 10 heteroatoms. The number of carbonyl (C=O) groups is 2. The zero-order valence-electron chi connectivity index (χ0n) is 23.8. The number of benzene rings is 3. The number of ether oxygens (including phenoxy) is 3. The lowest BCUT2D eigenvalue weighted by Gasteiger charge is -2.23. The van der Waals surface area contributed by atoms with Crippen LogP contribution in [0.15, 0.2) is 89.5 Å². The lowest BCUT2D eigenvalue weighted by molar-refractivity contribution is -0.148. The number of fused-ring (bicyclic) bond motifs is 1.